The topological polar surface area (TPSA) is 46.2 Å². The summed E-state index contributed by atoms with van der Waals surface area (Å²) >= 11 is 0. The molecule has 0 aromatic heterocycles. The van der Waals surface area contributed by atoms with Crippen molar-refractivity contribution in [3.8, 4) is 0 Å². The smallest absolute Gasteiger partial charge is 0.0728 e. The lowest BCUT2D eigenvalue weighted by molar-refractivity contribution is -0.0222. The average Bonchev–Trinajstić information content (AvgIpc) is 2.31. The van der Waals surface area contributed by atoms with Crippen LogP contribution in [-0.4, -0.2) is 17.3 Å². The van der Waals surface area contributed by atoms with Crippen LogP contribution in [0.5, 0.6) is 0 Å². The Balaban J connectivity index is 2.23. The van der Waals surface area contributed by atoms with Crippen molar-refractivity contribution in [3.63, 3.8) is 0 Å². The van der Waals surface area contributed by atoms with Gasteiger partial charge in [0.05, 0.1) is 5.60 Å². The van der Waals surface area contributed by atoms with E-state index in [9.17, 15) is 5.11 Å². The van der Waals surface area contributed by atoms with E-state index >= 15 is 0 Å². The first-order valence-corrected chi connectivity index (χ1v) is 6.24. The van der Waals surface area contributed by atoms with E-state index < -0.39 is 5.60 Å². The molecule has 0 bridgehead atoms. The highest BCUT2D eigenvalue weighted by atomic mass is 16.3. The second-order valence-corrected chi connectivity index (χ2v) is 4.85. The maximum absolute atomic E-state index is 10.7. The fourth-order valence-corrected chi connectivity index (χ4v) is 2.93. The molecule has 1 aromatic rings. The molecule has 0 radical (unpaired) electrons. The van der Waals surface area contributed by atoms with Crippen LogP contribution < -0.4 is 5.73 Å². The van der Waals surface area contributed by atoms with Crippen LogP contribution in [0.25, 0.3) is 0 Å². The van der Waals surface area contributed by atoms with Crippen LogP contribution in [0.15, 0.2) is 30.3 Å². The van der Waals surface area contributed by atoms with Gasteiger partial charge in [-0.1, -0.05) is 43.2 Å². The molecule has 0 heterocycles. The van der Waals surface area contributed by atoms with Crippen LogP contribution in [-0.2, 0) is 0 Å². The first-order valence-electron chi connectivity index (χ1n) is 6.24. The third-order valence-electron chi connectivity index (χ3n) is 3.78. The molecule has 1 aliphatic rings. The Hall–Kier alpha value is -0.860. The van der Waals surface area contributed by atoms with Crippen molar-refractivity contribution in [3.05, 3.63) is 35.9 Å². The number of hydrogen-bond acceptors (Lipinski definition) is 2. The predicted molar refractivity (Wildman–Crippen MR) is 66.3 cm³/mol. The van der Waals surface area contributed by atoms with Crippen molar-refractivity contribution in [2.75, 3.05) is 6.54 Å². The SMILES string of the molecule is NCCC1(O)CCCCC1c1ccccc1. The first kappa shape index (κ1) is 11.6. The van der Waals surface area contributed by atoms with E-state index in [4.69, 9.17) is 5.73 Å². The normalized spacial score (nSPS) is 30.2. The van der Waals surface area contributed by atoms with E-state index in [1.807, 2.05) is 18.2 Å². The summed E-state index contributed by atoms with van der Waals surface area (Å²) in [5.41, 5.74) is 6.31. The molecule has 2 atom stereocenters. The van der Waals surface area contributed by atoms with Crippen LogP contribution in [0.4, 0.5) is 0 Å². The van der Waals surface area contributed by atoms with Crippen LogP contribution in [0.2, 0.25) is 0 Å². The zero-order valence-corrected chi connectivity index (χ0v) is 9.73. The Kier molecular flexibility index (Phi) is 3.62. The largest absolute Gasteiger partial charge is 0.389 e. The van der Waals surface area contributed by atoms with Gasteiger partial charge in [-0.3, -0.25) is 0 Å². The minimum absolute atomic E-state index is 0.269. The Morgan fingerprint density at radius 3 is 2.69 bits per heavy atom. The zero-order chi connectivity index (χ0) is 11.4. The maximum Gasteiger partial charge on any atom is 0.0728 e. The molecule has 88 valence electrons. The van der Waals surface area contributed by atoms with Gasteiger partial charge in [-0.05, 0) is 31.4 Å². The van der Waals surface area contributed by atoms with Crippen molar-refractivity contribution in [1.82, 2.24) is 0 Å². The third kappa shape index (κ3) is 2.28. The monoisotopic (exact) mass is 219 g/mol. The number of benzene rings is 1. The number of aliphatic hydroxyl groups is 1. The molecule has 0 aliphatic heterocycles. The molecule has 2 rings (SSSR count). The second-order valence-electron chi connectivity index (χ2n) is 4.85. The number of hydrogen-bond donors (Lipinski definition) is 2. The summed E-state index contributed by atoms with van der Waals surface area (Å²) in [6, 6.07) is 10.4. The van der Waals surface area contributed by atoms with Crippen LogP contribution in [0.3, 0.4) is 0 Å². The molecule has 3 N–H and O–H groups in total. The number of nitrogens with two attached hydrogens (primary N) is 1. The van der Waals surface area contributed by atoms with Crippen molar-refractivity contribution in [2.45, 2.75) is 43.6 Å². The standard InChI is InChI=1S/C14H21NO/c15-11-10-14(16)9-5-4-8-13(14)12-6-2-1-3-7-12/h1-3,6-7,13,16H,4-5,8-11,15H2. The van der Waals surface area contributed by atoms with Gasteiger partial charge in [0, 0.05) is 5.92 Å². The molecule has 2 unspecified atom stereocenters. The quantitative estimate of drug-likeness (QED) is 0.820. The first-order chi connectivity index (χ1) is 7.76. The minimum atomic E-state index is -0.575. The zero-order valence-electron chi connectivity index (χ0n) is 9.73. The van der Waals surface area contributed by atoms with Gasteiger partial charge >= 0.3 is 0 Å². The molecule has 1 aromatic carbocycles. The fourth-order valence-electron chi connectivity index (χ4n) is 2.93. The van der Waals surface area contributed by atoms with Crippen LogP contribution >= 0.6 is 0 Å². The summed E-state index contributed by atoms with van der Waals surface area (Å²) in [6.07, 6.45) is 5.03. The summed E-state index contributed by atoms with van der Waals surface area (Å²) in [5, 5.41) is 10.7. The molecule has 2 heteroatoms. The summed E-state index contributed by atoms with van der Waals surface area (Å²) in [6.45, 7) is 0.569. The highest BCUT2D eigenvalue weighted by Gasteiger charge is 2.38. The molecule has 0 spiro atoms. The van der Waals surface area contributed by atoms with Crippen molar-refractivity contribution < 1.29 is 5.11 Å². The van der Waals surface area contributed by atoms with Crippen molar-refractivity contribution in [2.24, 2.45) is 5.73 Å². The van der Waals surface area contributed by atoms with E-state index in [-0.39, 0.29) is 5.92 Å². The predicted octanol–water partition coefficient (Wildman–Crippen LogP) is 2.42. The fraction of sp³-hybridized carbons (Fsp3) is 0.571. The molecular formula is C14H21NO. The summed E-state index contributed by atoms with van der Waals surface area (Å²) in [4.78, 5) is 0. The summed E-state index contributed by atoms with van der Waals surface area (Å²) < 4.78 is 0. The third-order valence-corrected chi connectivity index (χ3v) is 3.78. The molecule has 1 fully saturated rings. The van der Waals surface area contributed by atoms with Crippen molar-refractivity contribution >= 4 is 0 Å². The van der Waals surface area contributed by atoms with Gasteiger partial charge in [0.2, 0.25) is 0 Å². The van der Waals surface area contributed by atoms with E-state index in [1.54, 1.807) is 0 Å². The van der Waals surface area contributed by atoms with E-state index in [2.05, 4.69) is 12.1 Å². The molecule has 1 saturated carbocycles. The summed E-state index contributed by atoms with van der Waals surface area (Å²) in [5.74, 6) is 0.269. The molecule has 2 nitrogen and oxygen atoms in total. The van der Waals surface area contributed by atoms with E-state index in [1.165, 1.54) is 12.0 Å². The van der Waals surface area contributed by atoms with Gasteiger partial charge in [0.15, 0.2) is 0 Å². The maximum atomic E-state index is 10.7. The van der Waals surface area contributed by atoms with E-state index in [0.717, 1.165) is 19.3 Å². The van der Waals surface area contributed by atoms with Gasteiger partial charge in [-0.15, -0.1) is 0 Å². The average molecular weight is 219 g/mol. The highest BCUT2D eigenvalue weighted by Crippen LogP contribution is 2.42. The lowest BCUT2D eigenvalue weighted by Crippen LogP contribution is -2.40. The molecule has 0 amide bonds. The number of rotatable bonds is 3. The molecule has 1 aliphatic carbocycles. The van der Waals surface area contributed by atoms with Crippen LogP contribution in [0.1, 0.15) is 43.6 Å². The molecule has 16 heavy (non-hydrogen) atoms. The lowest BCUT2D eigenvalue weighted by atomic mass is 9.70. The summed E-state index contributed by atoms with van der Waals surface area (Å²) in [7, 11) is 0. The van der Waals surface area contributed by atoms with Gasteiger partial charge < -0.3 is 10.8 Å². The minimum Gasteiger partial charge on any atom is -0.389 e. The van der Waals surface area contributed by atoms with Gasteiger partial charge in [0.1, 0.15) is 0 Å². The highest BCUT2D eigenvalue weighted by molar-refractivity contribution is 5.23. The van der Waals surface area contributed by atoms with Gasteiger partial charge in [-0.2, -0.15) is 0 Å². The van der Waals surface area contributed by atoms with Gasteiger partial charge in [0.25, 0.3) is 0 Å². The lowest BCUT2D eigenvalue weighted by Gasteiger charge is -2.40. The van der Waals surface area contributed by atoms with Crippen molar-refractivity contribution in [1.29, 1.82) is 0 Å². The molecular weight excluding hydrogens is 198 g/mol. The Morgan fingerprint density at radius 2 is 2.00 bits per heavy atom. The van der Waals surface area contributed by atoms with E-state index in [0.29, 0.717) is 13.0 Å². The molecule has 0 saturated heterocycles. The van der Waals surface area contributed by atoms with Crippen LogP contribution in [0, 0.1) is 0 Å². The van der Waals surface area contributed by atoms with Gasteiger partial charge in [-0.25, -0.2) is 0 Å². The Labute approximate surface area is 97.5 Å². The Morgan fingerprint density at radius 1 is 1.25 bits per heavy atom. The Bertz CT molecular complexity index is 321. The second kappa shape index (κ2) is 4.98.